The summed E-state index contributed by atoms with van der Waals surface area (Å²) in [5, 5.41) is 9.75. The van der Waals surface area contributed by atoms with Gasteiger partial charge in [-0.25, -0.2) is 0 Å². The van der Waals surface area contributed by atoms with Gasteiger partial charge in [0, 0.05) is 25.8 Å². The molecule has 0 spiro atoms. The first kappa shape index (κ1) is 22.9. The van der Waals surface area contributed by atoms with E-state index in [1.54, 1.807) is 32.4 Å². The molecule has 0 N–H and O–H groups in total. The average molecular weight is 461 g/mol. The van der Waals surface area contributed by atoms with E-state index in [1.807, 2.05) is 0 Å². The normalized spacial score (nSPS) is 19.3. The van der Waals surface area contributed by atoms with E-state index in [0.29, 0.717) is 17.1 Å². The lowest BCUT2D eigenvalue weighted by Gasteiger charge is -2.31. The number of benzene rings is 1. The molecule has 2 fully saturated rings. The maximum atomic E-state index is 13.0. The SMILES string of the molecule is COc1ccc(C(=O)CSc2nnc(N3CCC(C)CC3)n2CC2CCCO2)c(OC)c1. The van der Waals surface area contributed by atoms with Crippen molar-refractivity contribution in [3.05, 3.63) is 23.8 Å². The quantitative estimate of drug-likeness (QED) is 0.414. The number of carbonyl (C=O) groups is 1. The van der Waals surface area contributed by atoms with Crippen molar-refractivity contribution < 1.29 is 19.0 Å². The minimum absolute atomic E-state index is 0.0190. The summed E-state index contributed by atoms with van der Waals surface area (Å²) in [6, 6.07) is 5.25. The fourth-order valence-corrected chi connectivity index (χ4v) is 5.05. The molecule has 2 aliphatic rings. The van der Waals surface area contributed by atoms with Crippen LogP contribution >= 0.6 is 11.8 Å². The number of hydrogen-bond donors (Lipinski definition) is 0. The van der Waals surface area contributed by atoms with Gasteiger partial charge in [0.2, 0.25) is 5.95 Å². The molecule has 32 heavy (non-hydrogen) atoms. The number of methoxy groups -OCH3 is 2. The number of ketones is 1. The van der Waals surface area contributed by atoms with E-state index in [2.05, 4.69) is 26.6 Å². The minimum atomic E-state index is -0.0190. The van der Waals surface area contributed by atoms with Crippen LogP contribution in [0.25, 0.3) is 0 Å². The highest BCUT2D eigenvalue weighted by molar-refractivity contribution is 7.99. The zero-order valence-electron chi connectivity index (χ0n) is 19.1. The molecule has 3 heterocycles. The number of ether oxygens (including phenoxy) is 3. The molecule has 4 rings (SSSR count). The second kappa shape index (κ2) is 10.6. The van der Waals surface area contributed by atoms with Crippen molar-refractivity contribution in [3.63, 3.8) is 0 Å². The number of nitrogens with zero attached hydrogens (tertiary/aromatic N) is 4. The summed E-state index contributed by atoms with van der Waals surface area (Å²) in [5.74, 6) is 3.04. The van der Waals surface area contributed by atoms with Crippen molar-refractivity contribution in [2.24, 2.45) is 5.92 Å². The van der Waals surface area contributed by atoms with Gasteiger partial charge in [0.05, 0.1) is 38.2 Å². The number of piperidine rings is 1. The molecule has 0 saturated carbocycles. The molecule has 8 nitrogen and oxygen atoms in total. The highest BCUT2D eigenvalue weighted by atomic mass is 32.2. The van der Waals surface area contributed by atoms with Crippen LogP contribution < -0.4 is 14.4 Å². The lowest BCUT2D eigenvalue weighted by molar-refractivity contribution is 0.0951. The Morgan fingerprint density at radius 2 is 2.00 bits per heavy atom. The highest BCUT2D eigenvalue weighted by Crippen LogP contribution is 2.30. The number of Topliss-reactive ketones (excluding diaryl/α,β-unsaturated/α-hetero) is 1. The summed E-state index contributed by atoms with van der Waals surface area (Å²) < 4.78 is 18.7. The van der Waals surface area contributed by atoms with Crippen molar-refractivity contribution in [1.82, 2.24) is 14.8 Å². The topological polar surface area (TPSA) is 78.7 Å². The maximum absolute atomic E-state index is 13.0. The minimum Gasteiger partial charge on any atom is -0.497 e. The third-order valence-electron chi connectivity index (χ3n) is 6.22. The Kier molecular flexibility index (Phi) is 7.57. The number of aromatic nitrogens is 3. The Bertz CT molecular complexity index is 921. The molecule has 1 aromatic heterocycles. The lowest BCUT2D eigenvalue weighted by atomic mass is 10.00. The van der Waals surface area contributed by atoms with Gasteiger partial charge in [-0.1, -0.05) is 18.7 Å². The Balaban J connectivity index is 1.50. The fourth-order valence-electron chi connectivity index (χ4n) is 4.22. The van der Waals surface area contributed by atoms with Gasteiger partial charge < -0.3 is 19.1 Å². The third kappa shape index (κ3) is 5.20. The largest absolute Gasteiger partial charge is 0.497 e. The van der Waals surface area contributed by atoms with Crippen LogP contribution in [0.5, 0.6) is 11.5 Å². The third-order valence-corrected chi connectivity index (χ3v) is 7.18. The number of hydrogen-bond acceptors (Lipinski definition) is 8. The average Bonchev–Trinajstić information content (AvgIpc) is 3.48. The van der Waals surface area contributed by atoms with Crippen molar-refractivity contribution in [2.75, 3.05) is 44.6 Å². The van der Waals surface area contributed by atoms with E-state index in [-0.39, 0.29) is 17.6 Å². The van der Waals surface area contributed by atoms with E-state index >= 15 is 0 Å². The molecule has 2 aromatic rings. The highest BCUT2D eigenvalue weighted by Gasteiger charge is 2.26. The maximum Gasteiger partial charge on any atom is 0.228 e. The van der Waals surface area contributed by atoms with Crippen LogP contribution in [-0.2, 0) is 11.3 Å². The smallest absolute Gasteiger partial charge is 0.228 e. The standard InChI is InChI=1S/C23H32N4O4S/c1-16-8-10-26(11-9-16)22-24-25-23(27(22)14-18-5-4-12-31-18)32-15-20(28)19-7-6-17(29-2)13-21(19)30-3/h6-7,13,16,18H,4-5,8-12,14-15H2,1-3H3. The first-order chi connectivity index (χ1) is 15.6. The van der Waals surface area contributed by atoms with E-state index < -0.39 is 0 Å². The predicted octanol–water partition coefficient (Wildman–Crippen LogP) is 3.69. The van der Waals surface area contributed by atoms with Gasteiger partial charge in [-0.15, -0.1) is 10.2 Å². The van der Waals surface area contributed by atoms with Crippen LogP contribution in [0.15, 0.2) is 23.4 Å². The Labute approximate surface area is 193 Å². The lowest BCUT2D eigenvalue weighted by Crippen LogP contribution is -2.35. The molecule has 0 radical (unpaired) electrons. The van der Waals surface area contributed by atoms with Crippen molar-refractivity contribution in [3.8, 4) is 11.5 Å². The van der Waals surface area contributed by atoms with Gasteiger partial charge in [0.25, 0.3) is 0 Å². The summed E-state index contributed by atoms with van der Waals surface area (Å²) in [5.41, 5.74) is 0.538. The van der Waals surface area contributed by atoms with Crippen molar-refractivity contribution in [1.29, 1.82) is 0 Å². The molecule has 1 unspecified atom stereocenters. The summed E-state index contributed by atoms with van der Waals surface area (Å²) in [6.07, 6.45) is 4.61. The first-order valence-corrected chi connectivity index (χ1v) is 12.3. The van der Waals surface area contributed by atoms with E-state index in [4.69, 9.17) is 14.2 Å². The predicted molar refractivity (Wildman–Crippen MR) is 124 cm³/mol. The summed E-state index contributed by atoms with van der Waals surface area (Å²) in [4.78, 5) is 15.3. The summed E-state index contributed by atoms with van der Waals surface area (Å²) >= 11 is 1.42. The Morgan fingerprint density at radius 3 is 2.69 bits per heavy atom. The molecule has 0 aliphatic carbocycles. The second-order valence-corrected chi connectivity index (χ2v) is 9.42. The molecule has 0 amide bonds. The van der Waals surface area contributed by atoms with E-state index in [9.17, 15) is 4.79 Å². The van der Waals surface area contributed by atoms with Crippen LogP contribution in [0.1, 0.15) is 43.0 Å². The Hall–Kier alpha value is -2.26. The number of rotatable bonds is 9. The van der Waals surface area contributed by atoms with Crippen molar-refractivity contribution in [2.45, 2.75) is 50.4 Å². The van der Waals surface area contributed by atoms with Gasteiger partial charge in [0.1, 0.15) is 11.5 Å². The molecule has 9 heteroatoms. The first-order valence-electron chi connectivity index (χ1n) is 11.3. The van der Waals surface area contributed by atoms with Crippen LogP contribution in [0.2, 0.25) is 0 Å². The van der Waals surface area contributed by atoms with Crippen LogP contribution in [-0.4, -0.2) is 66.3 Å². The molecular weight excluding hydrogens is 428 g/mol. The monoisotopic (exact) mass is 460 g/mol. The molecule has 174 valence electrons. The van der Waals surface area contributed by atoms with Crippen molar-refractivity contribution >= 4 is 23.5 Å². The molecule has 1 aromatic carbocycles. The number of thioether (sulfide) groups is 1. The van der Waals surface area contributed by atoms with E-state index in [1.165, 1.54) is 11.8 Å². The fraction of sp³-hybridized carbons (Fsp3) is 0.609. The molecule has 0 bridgehead atoms. The van der Waals surface area contributed by atoms with Gasteiger partial charge in [-0.3, -0.25) is 9.36 Å². The summed E-state index contributed by atoms with van der Waals surface area (Å²) in [6.45, 7) is 5.79. The molecule has 2 saturated heterocycles. The van der Waals surface area contributed by atoms with Gasteiger partial charge in [0.15, 0.2) is 10.9 Å². The number of anilines is 1. The number of carbonyl (C=O) groups excluding carboxylic acids is 1. The summed E-state index contributed by atoms with van der Waals surface area (Å²) in [7, 11) is 3.15. The molecular formula is C23H32N4O4S. The van der Waals surface area contributed by atoms with Gasteiger partial charge in [-0.05, 0) is 43.7 Å². The van der Waals surface area contributed by atoms with Gasteiger partial charge >= 0.3 is 0 Å². The Morgan fingerprint density at radius 1 is 1.19 bits per heavy atom. The zero-order valence-corrected chi connectivity index (χ0v) is 19.9. The van der Waals surface area contributed by atoms with Crippen LogP contribution in [0.4, 0.5) is 5.95 Å². The molecule has 2 aliphatic heterocycles. The van der Waals surface area contributed by atoms with Gasteiger partial charge in [-0.2, -0.15) is 0 Å². The van der Waals surface area contributed by atoms with Crippen LogP contribution in [0, 0.1) is 5.92 Å². The molecule has 1 atom stereocenters. The second-order valence-electron chi connectivity index (χ2n) is 8.48. The van der Waals surface area contributed by atoms with E-state index in [0.717, 1.165) is 68.9 Å². The zero-order chi connectivity index (χ0) is 22.5. The van der Waals surface area contributed by atoms with Crippen LogP contribution in [0.3, 0.4) is 0 Å².